The van der Waals surface area contributed by atoms with Gasteiger partial charge in [-0.1, -0.05) is 12.1 Å². The lowest BCUT2D eigenvalue weighted by Crippen LogP contribution is -2.24. The third-order valence-electron chi connectivity index (χ3n) is 3.01. The molecular weight excluding hydrogens is 190 g/mol. The number of hydrogen-bond acceptors (Lipinski definition) is 3. The van der Waals surface area contributed by atoms with E-state index in [9.17, 15) is 0 Å². The van der Waals surface area contributed by atoms with Crippen LogP contribution < -0.4 is 14.8 Å². The molecule has 1 aliphatic carbocycles. The SMILES string of the molecule is COc1cccc2c1OCC2NC1CC1. The monoisotopic (exact) mass is 205 g/mol. The van der Waals surface area contributed by atoms with Crippen molar-refractivity contribution in [3.8, 4) is 11.5 Å². The first-order valence-corrected chi connectivity index (χ1v) is 5.44. The second-order valence-corrected chi connectivity index (χ2v) is 4.18. The fourth-order valence-corrected chi connectivity index (χ4v) is 2.05. The second-order valence-electron chi connectivity index (χ2n) is 4.18. The number of methoxy groups -OCH3 is 1. The molecule has 1 fully saturated rings. The highest BCUT2D eigenvalue weighted by Crippen LogP contribution is 2.40. The van der Waals surface area contributed by atoms with E-state index in [2.05, 4.69) is 11.4 Å². The Labute approximate surface area is 89.4 Å². The number of rotatable bonds is 3. The Morgan fingerprint density at radius 2 is 2.27 bits per heavy atom. The summed E-state index contributed by atoms with van der Waals surface area (Å²) in [6.07, 6.45) is 2.60. The Bertz CT molecular complexity index is 374. The van der Waals surface area contributed by atoms with E-state index in [0.717, 1.165) is 18.1 Å². The summed E-state index contributed by atoms with van der Waals surface area (Å²) in [5, 5.41) is 3.58. The predicted octanol–water partition coefficient (Wildman–Crippen LogP) is 1.88. The molecule has 2 aliphatic rings. The Hall–Kier alpha value is -1.22. The maximum atomic E-state index is 5.67. The molecule has 0 spiro atoms. The van der Waals surface area contributed by atoms with Gasteiger partial charge in [0.05, 0.1) is 13.2 Å². The molecule has 1 aliphatic heterocycles. The molecule has 1 heterocycles. The minimum atomic E-state index is 0.350. The Balaban J connectivity index is 1.88. The fraction of sp³-hybridized carbons (Fsp3) is 0.500. The molecule has 3 heteroatoms. The lowest BCUT2D eigenvalue weighted by atomic mass is 10.1. The molecule has 1 saturated carbocycles. The molecule has 3 nitrogen and oxygen atoms in total. The van der Waals surface area contributed by atoms with Crippen LogP contribution >= 0.6 is 0 Å². The summed E-state index contributed by atoms with van der Waals surface area (Å²) in [6.45, 7) is 0.728. The molecule has 0 aromatic heterocycles. The first-order valence-electron chi connectivity index (χ1n) is 5.44. The van der Waals surface area contributed by atoms with Crippen LogP contribution in [0.3, 0.4) is 0 Å². The highest BCUT2D eigenvalue weighted by Gasteiger charge is 2.31. The van der Waals surface area contributed by atoms with E-state index < -0.39 is 0 Å². The van der Waals surface area contributed by atoms with Crippen molar-refractivity contribution >= 4 is 0 Å². The number of benzene rings is 1. The van der Waals surface area contributed by atoms with Gasteiger partial charge in [-0.25, -0.2) is 0 Å². The van der Waals surface area contributed by atoms with E-state index in [4.69, 9.17) is 9.47 Å². The van der Waals surface area contributed by atoms with Crippen LogP contribution in [0.5, 0.6) is 11.5 Å². The van der Waals surface area contributed by atoms with Crippen molar-refractivity contribution < 1.29 is 9.47 Å². The number of nitrogens with one attached hydrogen (secondary N) is 1. The van der Waals surface area contributed by atoms with Gasteiger partial charge >= 0.3 is 0 Å². The molecule has 0 bridgehead atoms. The van der Waals surface area contributed by atoms with E-state index in [1.165, 1.54) is 18.4 Å². The molecule has 3 rings (SSSR count). The molecular formula is C12H15NO2. The highest BCUT2D eigenvalue weighted by atomic mass is 16.5. The molecule has 1 aromatic carbocycles. The summed E-state index contributed by atoms with van der Waals surface area (Å²) in [5.74, 6) is 1.76. The van der Waals surface area contributed by atoms with Gasteiger partial charge < -0.3 is 14.8 Å². The van der Waals surface area contributed by atoms with Gasteiger partial charge in [-0.05, 0) is 18.9 Å². The molecule has 15 heavy (non-hydrogen) atoms. The van der Waals surface area contributed by atoms with Crippen LogP contribution in [0, 0.1) is 0 Å². The van der Waals surface area contributed by atoms with Crippen molar-refractivity contribution in [2.75, 3.05) is 13.7 Å². The second kappa shape index (κ2) is 3.42. The zero-order valence-electron chi connectivity index (χ0n) is 8.82. The van der Waals surface area contributed by atoms with Crippen LogP contribution in [0.2, 0.25) is 0 Å². The van der Waals surface area contributed by atoms with E-state index in [1.54, 1.807) is 7.11 Å². The summed E-state index contributed by atoms with van der Waals surface area (Å²) >= 11 is 0. The normalized spacial score (nSPS) is 23.4. The maximum Gasteiger partial charge on any atom is 0.166 e. The summed E-state index contributed by atoms with van der Waals surface area (Å²) in [7, 11) is 1.68. The molecule has 0 amide bonds. The van der Waals surface area contributed by atoms with Crippen LogP contribution in [-0.4, -0.2) is 19.8 Å². The van der Waals surface area contributed by atoms with Gasteiger partial charge in [0.15, 0.2) is 11.5 Å². The van der Waals surface area contributed by atoms with Crippen molar-refractivity contribution in [2.24, 2.45) is 0 Å². The van der Waals surface area contributed by atoms with Gasteiger partial charge in [-0.15, -0.1) is 0 Å². The van der Waals surface area contributed by atoms with Crippen LogP contribution in [0.4, 0.5) is 0 Å². The van der Waals surface area contributed by atoms with Crippen molar-refractivity contribution in [1.29, 1.82) is 0 Å². The average Bonchev–Trinajstić information content (AvgIpc) is 2.99. The van der Waals surface area contributed by atoms with Crippen LogP contribution in [0.1, 0.15) is 24.4 Å². The van der Waals surface area contributed by atoms with Crippen LogP contribution in [0.15, 0.2) is 18.2 Å². The number of hydrogen-bond donors (Lipinski definition) is 1. The summed E-state index contributed by atoms with van der Waals surface area (Å²) in [5.41, 5.74) is 1.24. The molecule has 0 saturated heterocycles. The largest absolute Gasteiger partial charge is 0.493 e. The molecule has 1 aromatic rings. The highest BCUT2D eigenvalue weighted by molar-refractivity contribution is 5.50. The third-order valence-corrected chi connectivity index (χ3v) is 3.01. The van der Waals surface area contributed by atoms with Gasteiger partial charge in [0, 0.05) is 11.6 Å². The lowest BCUT2D eigenvalue weighted by Gasteiger charge is -2.10. The molecule has 1 unspecified atom stereocenters. The van der Waals surface area contributed by atoms with Gasteiger partial charge in [-0.2, -0.15) is 0 Å². The third kappa shape index (κ3) is 1.57. The van der Waals surface area contributed by atoms with Gasteiger partial charge in [0.25, 0.3) is 0 Å². The van der Waals surface area contributed by atoms with Crippen molar-refractivity contribution in [1.82, 2.24) is 5.32 Å². The predicted molar refractivity (Wildman–Crippen MR) is 57.4 cm³/mol. The molecule has 80 valence electrons. The van der Waals surface area contributed by atoms with Gasteiger partial charge in [-0.3, -0.25) is 0 Å². The number of fused-ring (bicyclic) bond motifs is 1. The zero-order chi connectivity index (χ0) is 10.3. The quantitative estimate of drug-likeness (QED) is 0.817. The Kier molecular flexibility index (Phi) is 2.06. The smallest absolute Gasteiger partial charge is 0.166 e. The summed E-state index contributed by atoms with van der Waals surface area (Å²) in [4.78, 5) is 0. The first kappa shape index (κ1) is 9.04. The van der Waals surface area contributed by atoms with Crippen LogP contribution in [0.25, 0.3) is 0 Å². The van der Waals surface area contributed by atoms with Crippen LogP contribution in [-0.2, 0) is 0 Å². The summed E-state index contributed by atoms with van der Waals surface area (Å²) in [6, 6.07) is 7.13. The van der Waals surface area contributed by atoms with E-state index in [-0.39, 0.29) is 0 Å². The van der Waals surface area contributed by atoms with Crippen molar-refractivity contribution in [2.45, 2.75) is 24.9 Å². The topological polar surface area (TPSA) is 30.5 Å². The maximum absolute atomic E-state index is 5.67. The van der Waals surface area contributed by atoms with Gasteiger partial charge in [0.2, 0.25) is 0 Å². The van der Waals surface area contributed by atoms with Gasteiger partial charge in [0.1, 0.15) is 6.61 Å². The molecule has 1 N–H and O–H groups in total. The number of para-hydroxylation sites is 1. The Morgan fingerprint density at radius 1 is 1.40 bits per heavy atom. The minimum absolute atomic E-state index is 0.350. The minimum Gasteiger partial charge on any atom is -0.493 e. The zero-order valence-corrected chi connectivity index (χ0v) is 8.82. The van der Waals surface area contributed by atoms with E-state index in [0.29, 0.717) is 12.1 Å². The molecule has 1 atom stereocenters. The fourth-order valence-electron chi connectivity index (χ4n) is 2.05. The standard InChI is InChI=1S/C12H15NO2/c1-14-11-4-2-3-9-10(7-15-12(9)11)13-8-5-6-8/h2-4,8,10,13H,5-7H2,1H3. The van der Waals surface area contributed by atoms with E-state index >= 15 is 0 Å². The first-order chi connectivity index (χ1) is 7.38. The van der Waals surface area contributed by atoms with E-state index in [1.807, 2.05) is 12.1 Å². The Morgan fingerprint density at radius 3 is 3.00 bits per heavy atom. The average molecular weight is 205 g/mol. The van der Waals surface area contributed by atoms with Crippen molar-refractivity contribution in [3.63, 3.8) is 0 Å². The molecule has 0 radical (unpaired) electrons. The summed E-state index contributed by atoms with van der Waals surface area (Å²) < 4.78 is 10.9. The lowest BCUT2D eigenvalue weighted by molar-refractivity contribution is 0.295. The van der Waals surface area contributed by atoms with Crippen molar-refractivity contribution in [3.05, 3.63) is 23.8 Å². The number of ether oxygens (including phenoxy) is 2.